The van der Waals surface area contributed by atoms with E-state index in [2.05, 4.69) is 36.4 Å². The molecule has 0 saturated heterocycles. The van der Waals surface area contributed by atoms with E-state index >= 15 is 0 Å². The summed E-state index contributed by atoms with van der Waals surface area (Å²) in [5.41, 5.74) is 4.52. The summed E-state index contributed by atoms with van der Waals surface area (Å²) in [6.07, 6.45) is 5.30. The summed E-state index contributed by atoms with van der Waals surface area (Å²) in [6, 6.07) is 24.2. The predicted octanol–water partition coefficient (Wildman–Crippen LogP) is 7.24. The van der Waals surface area contributed by atoms with Crippen LogP contribution in [0.2, 0.25) is 0 Å². The maximum Gasteiger partial charge on any atom is 0.128 e. The van der Waals surface area contributed by atoms with Crippen LogP contribution in [0, 0.1) is 0 Å². The Kier molecular flexibility index (Phi) is 5.63. The molecule has 0 unspecified atom stereocenters. The van der Waals surface area contributed by atoms with Gasteiger partial charge in [-0.25, -0.2) is 4.98 Å². The van der Waals surface area contributed by atoms with Crippen LogP contribution in [-0.4, -0.2) is 17.3 Å². The number of rotatable bonds is 6. The third-order valence-electron chi connectivity index (χ3n) is 5.24. The highest BCUT2D eigenvalue weighted by atomic mass is 32.2. The van der Waals surface area contributed by atoms with E-state index in [1.807, 2.05) is 67.2 Å². The lowest BCUT2D eigenvalue weighted by Crippen LogP contribution is -1.94. The first kappa shape index (κ1) is 19.7. The molecule has 2 heterocycles. The highest BCUT2D eigenvalue weighted by molar-refractivity contribution is 7.99. The van der Waals surface area contributed by atoms with Crippen molar-refractivity contribution in [2.24, 2.45) is 0 Å². The zero-order valence-corrected chi connectivity index (χ0v) is 18.2. The highest BCUT2D eigenvalue weighted by Gasteiger charge is 2.20. The van der Waals surface area contributed by atoms with Gasteiger partial charge in [0.15, 0.2) is 0 Å². The van der Waals surface area contributed by atoms with E-state index in [9.17, 15) is 0 Å². The van der Waals surface area contributed by atoms with Crippen LogP contribution in [0.1, 0.15) is 23.7 Å². The van der Waals surface area contributed by atoms with Gasteiger partial charge in [0.05, 0.1) is 17.8 Å². The van der Waals surface area contributed by atoms with Crippen molar-refractivity contribution in [2.45, 2.75) is 18.2 Å². The van der Waals surface area contributed by atoms with Crippen molar-refractivity contribution < 1.29 is 9.47 Å². The number of benzene rings is 3. The molecule has 0 fully saturated rings. The standard InChI is InChI=1S/C27H23NO2S/c1-2-29-20-11-8-19(9-12-20)10-14-25-23-16-17-31-27(23)24-18-22(13-15-26(24)28-25)30-21-6-4-3-5-7-21/h3-15,18H,2,16-17H2,1H3/b14-10+. The fourth-order valence-electron chi connectivity index (χ4n) is 3.78. The van der Waals surface area contributed by atoms with Gasteiger partial charge in [0.2, 0.25) is 0 Å². The molecular weight excluding hydrogens is 402 g/mol. The summed E-state index contributed by atoms with van der Waals surface area (Å²) in [7, 11) is 0. The molecule has 5 rings (SSSR count). The molecule has 0 saturated carbocycles. The Morgan fingerprint density at radius 2 is 1.71 bits per heavy atom. The average Bonchev–Trinajstić information content (AvgIpc) is 3.30. The molecule has 1 aliphatic rings. The number of thioether (sulfide) groups is 1. The van der Waals surface area contributed by atoms with Gasteiger partial charge in [0, 0.05) is 16.0 Å². The molecule has 4 heteroatoms. The molecule has 0 spiro atoms. The number of aromatic nitrogens is 1. The van der Waals surface area contributed by atoms with Crippen molar-refractivity contribution >= 4 is 34.8 Å². The van der Waals surface area contributed by atoms with Crippen LogP contribution < -0.4 is 9.47 Å². The molecule has 3 aromatic carbocycles. The molecule has 0 aliphatic carbocycles. The van der Waals surface area contributed by atoms with E-state index in [4.69, 9.17) is 14.5 Å². The Morgan fingerprint density at radius 3 is 2.52 bits per heavy atom. The van der Waals surface area contributed by atoms with Gasteiger partial charge >= 0.3 is 0 Å². The van der Waals surface area contributed by atoms with E-state index in [-0.39, 0.29) is 0 Å². The van der Waals surface area contributed by atoms with Crippen LogP contribution in [-0.2, 0) is 6.42 Å². The molecule has 4 aromatic rings. The highest BCUT2D eigenvalue weighted by Crippen LogP contribution is 2.40. The van der Waals surface area contributed by atoms with Crippen LogP contribution in [0.5, 0.6) is 17.2 Å². The first-order chi connectivity index (χ1) is 15.3. The summed E-state index contributed by atoms with van der Waals surface area (Å²) < 4.78 is 11.6. The van der Waals surface area contributed by atoms with Gasteiger partial charge in [0.25, 0.3) is 0 Å². The van der Waals surface area contributed by atoms with Crippen molar-refractivity contribution in [3.63, 3.8) is 0 Å². The van der Waals surface area contributed by atoms with Crippen LogP contribution in [0.3, 0.4) is 0 Å². The SMILES string of the molecule is CCOc1ccc(/C=C/c2nc3ccc(Oc4ccccc4)cc3c3c2CCS3)cc1. The third-order valence-corrected chi connectivity index (χ3v) is 6.40. The Bertz CT molecular complexity index is 1230. The molecule has 0 radical (unpaired) electrons. The average molecular weight is 426 g/mol. The molecule has 3 nitrogen and oxygen atoms in total. The lowest BCUT2D eigenvalue weighted by molar-refractivity contribution is 0.340. The molecule has 0 amide bonds. The number of ether oxygens (including phenoxy) is 2. The second-order valence-corrected chi connectivity index (χ2v) is 8.44. The van der Waals surface area contributed by atoms with Crippen LogP contribution in [0.25, 0.3) is 23.1 Å². The van der Waals surface area contributed by atoms with E-state index in [1.54, 1.807) is 0 Å². The monoisotopic (exact) mass is 425 g/mol. The second kappa shape index (κ2) is 8.86. The Morgan fingerprint density at radius 1 is 0.903 bits per heavy atom. The number of para-hydroxylation sites is 1. The summed E-state index contributed by atoms with van der Waals surface area (Å²) in [4.78, 5) is 6.31. The maximum atomic E-state index is 6.05. The fraction of sp³-hybridized carbons (Fsp3) is 0.148. The molecule has 31 heavy (non-hydrogen) atoms. The van der Waals surface area contributed by atoms with Crippen molar-refractivity contribution in [1.29, 1.82) is 0 Å². The zero-order valence-electron chi connectivity index (χ0n) is 17.4. The number of hydrogen-bond acceptors (Lipinski definition) is 4. The number of hydrogen-bond donors (Lipinski definition) is 0. The zero-order chi connectivity index (χ0) is 21.0. The van der Waals surface area contributed by atoms with E-state index < -0.39 is 0 Å². The summed E-state index contributed by atoms with van der Waals surface area (Å²) in [5.74, 6) is 3.67. The molecular formula is C27H23NO2S. The quantitative estimate of drug-likeness (QED) is 0.326. The molecule has 154 valence electrons. The number of nitrogens with zero attached hydrogens (tertiary/aromatic N) is 1. The van der Waals surface area contributed by atoms with E-state index in [0.717, 1.165) is 46.2 Å². The molecule has 1 aliphatic heterocycles. The first-order valence-electron chi connectivity index (χ1n) is 10.5. The molecule has 1 aromatic heterocycles. The third kappa shape index (κ3) is 4.30. The minimum atomic E-state index is 0.679. The topological polar surface area (TPSA) is 31.4 Å². The van der Waals surface area contributed by atoms with Gasteiger partial charge in [0.1, 0.15) is 17.2 Å². The lowest BCUT2D eigenvalue weighted by Gasteiger charge is -2.11. The minimum Gasteiger partial charge on any atom is -0.494 e. The Hall–Kier alpha value is -3.24. The molecule has 0 bridgehead atoms. The fourth-order valence-corrected chi connectivity index (χ4v) is 4.99. The van der Waals surface area contributed by atoms with Crippen molar-refractivity contribution in [3.8, 4) is 17.2 Å². The van der Waals surface area contributed by atoms with E-state index in [1.165, 1.54) is 15.8 Å². The summed E-state index contributed by atoms with van der Waals surface area (Å²) >= 11 is 1.91. The normalized spacial score (nSPS) is 12.9. The number of fused-ring (bicyclic) bond motifs is 3. The first-order valence-corrected chi connectivity index (χ1v) is 11.5. The van der Waals surface area contributed by atoms with Crippen LogP contribution in [0.4, 0.5) is 0 Å². The minimum absolute atomic E-state index is 0.679. The Labute approximate surface area is 186 Å². The van der Waals surface area contributed by atoms with Crippen molar-refractivity contribution in [1.82, 2.24) is 4.98 Å². The van der Waals surface area contributed by atoms with Crippen LogP contribution >= 0.6 is 11.8 Å². The smallest absolute Gasteiger partial charge is 0.128 e. The Balaban J connectivity index is 1.46. The van der Waals surface area contributed by atoms with Gasteiger partial charge in [-0.3, -0.25) is 0 Å². The largest absolute Gasteiger partial charge is 0.494 e. The van der Waals surface area contributed by atoms with Crippen molar-refractivity contribution in [2.75, 3.05) is 12.4 Å². The van der Waals surface area contributed by atoms with Gasteiger partial charge in [-0.05, 0) is 73.0 Å². The summed E-state index contributed by atoms with van der Waals surface area (Å²) in [5, 5.41) is 1.17. The van der Waals surface area contributed by atoms with Crippen LogP contribution in [0.15, 0.2) is 77.7 Å². The van der Waals surface area contributed by atoms with Gasteiger partial charge in [-0.1, -0.05) is 36.4 Å². The summed E-state index contributed by atoms with van der Waals surface area (Å²) in [6.45, 7) is 2.67. The second-order valence-electron chi connectivity index (χ2n) is 7.33. The number of pyridine rings is 1. The molecule has 0 N–H and O–H groups in total. The molecule has 0 atom stereocenters. The van der Waals surface area contributed by atoms with Gasteiger partial charge < -0.3 is 9.47 Å². The lowest BCUT2D eigenvalue weighted by atomic mass is 10.1. The van der Waals surface area contributed by atoms with E-state index in [0.29, 0.717) is 6.61 Å². The maximum absolute atomic E-state index is 6.05. The van der Waals surface area contributed by atoms with Gasteiger partial charge in [-0.2, -0.15) is 0 Å². The predicted molar refractivity (Wildman–Crippen MR) is 129 cm³/mol. The van der Waals surface area contributed by atoms with Crippen molar-refractivity contribution in [3.05, 3.63) is 89.6 Å². The van der Waals surface area contributed by atoms with Gasteiger partial charge in [-0.15, -0.1) is 11.8 Å².